The quantitative estimate of drug-likeness (QED) is 0.616. The summed E-state index contributed by atoms with van der Waals surface area (Å²) in [4.78, 5) is 13.5. The second-order valence-electron chi connectivity index (χ2n) is 4.16. The van der Waals surface area contributed by atoms with Gasteiger partial charge in [0.25, 0.3) is 0 Å². The molecule has 5 heteroatoms. The van der Waals surface area contributed by atoms with Gasteiger partial charge in [-0.05, 0) is 19.4 Å². The molecule has 86 valence electrons. The van der Waals surface area contributed by atoms with Crippen LogP contribution in [0.1, 0.15) is 12.8 Å². The number of morpholine rings is 1. The number of aliphatic hydroxyl groups is 1. The number of nitrogens with zero attached hydrogens (tertiary/aromatic N) is 1. The van der Waals surface area contributed by atoms with E-state index in [-0.39, 0.29) is 31.3 Å². The monoisotopic (exact) mass is 214 g/mol. The Morgan fingerprint density at radius 3 is 3.13 bits per heavy atom. The molecule has 2 aliphatic rings. The van der Waals surface area contributed by atoms with Crippen LogP contribution in [0.25, 0.3) is 0 Å². The van der Waals surface area contributed by atoms with Gasteiger partial charge in [-0.1, -0.05) is 0 Å². The van der Waals surface area contributed by atoms with Gasteiger partial charge in [0.05, 0.1) is 12.7 Å². The minimum absolute atomic E-state index is 0.00999. The molecule has 0 aromatic rings. The largest absolute Gasteiger partial charge is 0.394 e. The van der Waals surface area contributed by atoms with Gasteiger partial charge in [-0.15, -0.1) is 0 Å². The normalized spacial score (nSPS) is 33.1. The predicted molar refractivity (Wildman–Crippen MR) is 54.4 cm³/mol. The van der Waals surface area contributed by atoms with Crippen molar-refractivity contribution in [2.75, 3.05) is 32.8 Å². The van der Waals surface area contributed by atoms with E-state index in [1.807, 2.05) is 4.90 Å². The Labute approximate surface area is 89.4 Å². The van der Waals surface area contributed by atoms with E-state index in [0.29, 0.717) is 6.54 Å². The molecule has 0 radical (unpaired) electrons. The molecule has 2 aliphatic heterocycles. The number of hydrogen-bond acceptors (Lipinski definition) is 4. The molecule has 5 nitrogen and oxygen atoms in total. The summed E-state index contributed by atoms with van der Waals surface area (Å²) in [6.45, 7) is 2.54. The molecule has 0 bridgehead atoms. The van der Waals surface area contributed by atoms with Gasteiger partial charge in [0.2, 0.25) is 5.91 Å². The number of piperidine rings is 1. The first kappa shape index (κ1) is 10.9. The molecule has 2 atom stereocenters. The van der Waals surface area contributed by atoms with Crippen molar-refractivity contribution in [1.82, 2.24) is 10.2 Å². The topological polar surface area (TPSA) is 61.8 Å². The zero-order chi connectivity index (χ0) is 10.7. The Bertz CT molecular complexity index is 229. The summed E-state index contributed by atoms with van der Waals surface area (Å²) in [7, 11) is 0. The third kappa shape index (κ3) is 2.48. The molecule has 0 spiro atoms. The van der Waals surface area contributed by atoms with Crippen molar-refractivity contribution in [3.05, 3.63) is 0 Å². The molecule has 2 fully saturated rings. The van der Waals surface area contributed by atoms with Crippen LogP contribution in [0.4, 0.5) is 0 Å². The third-order valence-electron chi connectivity index (χ3n) is 3.08. The Kier molecular flexibility index (Phi) is 3.56. The Morgan fingerprint density at radius 1 is 1.60 bits per heavy atom. The van der Waals surface area contributed by atoms with Gasteiger partial charge in [0.1, 0.15) is 6.61 Å². The van der Waals surface area contributed by atoms with Crippen LogP contribution in [-0.4, -0.2) is 60.9 Å². The maximum absolute atomic E-state index is 11.6. The fourth-order valence-electron chi connectivity index (χ4n) is 2.21. The van der Waals surface area contributed by atoms with Crippen LogP contribution < -0.4 is 5.32 Å². The summed E-state index contributed by atoms with van der Waals surface area (Å²) >= 11 is 0. The maximum atomic E-state index is 11.6. The van der Waals surface area contributed by atoms with Gasteiger partial charge < -0.3 is 20.1 Å². The summed E-state index contributed by atoms with van der Waals surface area (Å²) in [5.41, 5.74) is 0. The van der Waals surface area contributed by atoms with Gasteiger partial charge in [-0.25, -0.2) is 0 Å². The number of carbonyl (C=O) groups is 1. The van der Waals surface area contributed by atoms with Crippen LogP contribution in [0, 0.1) is 0 Å². The first-order valence-electron chi connectivity index (χ1n) is 5.54. The van der Waals surface area contributed by atoms with Crippen LogP contribution in [0.2, 0.25) is 0 Å². The zero-order valence-corrected chi connectivity index (χ0v) is 8.82. The van der Waals surface area contributed by atoms with Crippen LogP contribution in [0.5, 0.6) is 0 Å². The van der Waals surface area contributed by atoms with E-state index >= 15 is 0 Å². The van der Waals surface area contributed by atoms with Gasteiger partial charge in [-0.3, -0.25) is 4.79 Å². The highest BCUT2D eigenvalue weighted by Gasteiger charge is 2.31. The SMILES string of the molecule is O=C1COC(CO)CN1C1CCCNC1. The highest BCUT2D eigenvalue weighted by molar-refractivity contribution is 5.78. The number of rotatable bonds is 2. The minimum Gasteiger partial charge on any atom is -0.394 e. The van der Waals surface area contributed by atoms with Gasteiger partial charge in [-0.2, -0.15) is 0 Å². The molecule has 2 N–H and O–H groups in total. The first-order chi connectivity index (χ1) is 7.31. The molecule has 0 aliphatic carbocycles. The maximum Gasteiger partial charge on any atom is 0.248 e. The third-order valence-corrected chi connectivity index (χ3v) is 3.08. The number of carbonyl (C=O) groups excluding carboxylic acids is 1. The molecule has 2 unspecified atom stereocenters. The van der Waals surface area contributed by atoms with Crippen molar-refractivity contribution < 1.29 is 14.6 Å². The molecular weight excluding hydrogens is 196 g/mol. The highest BCUT2D eigenvalue weighted by atomic mass is 16.5. The molecule has 15 heavy (non-hydrogen) atoms. The van der Waals surface area contributed by atoms with Crippen LogP contribution in [0.15, 0.2) is 0 Å². The predicted octanol–water partition coefficient (Wildman–Crippen LogP) is -1.04. The van der Waals surface area contributed by atoms with Crippen molar-refractivity contribution in [1.29, 1.82) is 0 Å². The molecule has 0 aromatic heterocycles. The summed E-state index contributed by atoms with van der Waals surface area (Å²) < 4.78 is 5.20. The van der Waals surface area contributed by atoms with Crippen LogP contribution in [-0.2, 0) is 9.53 Å². The number of hydrogen-bond donors (Lipinski definition) is 2. The van der Waals surface area contributed by atoms with E-state index in [9.17, 15) is 4.79 Å². The smallest absolute Gasteiger partial charge is 0.248 e. The van der Waals surface area contributed by atoms with Crippen molar-refractivity contribution >= 4 is 5.91 Å². The molecule has 2 rings (SSSR count). The average Bonchev–Trinajstić information content (AvgIpc) is 2.31. The van der Waals surface area contributed by atoms with Gasteiger partial charge in [0, 0.05) is 19.1 Å². The number of ether oxygens (including phenoxy) is 1. The second-order valence-corrected chi connectivity index (χ2v) is 4.16. The molecule has 2 saturated heterocycles. The van der Waals surface area contributed by atoms with E-state index < -0.39 is 0 Å². The van der Waals surface area contributed by atoms with E-state index in [4.69, 9.17) is 9.84 Å². The molecule has 1 amide bonds. The lowest BCUT2D eigenvalue weighted by molar-refractivity contribution is -0.155. The summed E-state index contributed by atoms with van der Waals surface area (Å²) in [5.74, 6) is 0.0494. The van der Waals surface area contributed by atoms with Gasteiger partial charge in [0.15, 0.2) is 0 Å². The van der Waals surface area contributed by atoms with E-state index in [1.165, 1.54) is 0 Å². The fraction of sp³-hybridized carbons (Fsp3) is 0.900. The summed E-state index contributed by atoms with van der Waals surface area (Å²) in [6, 6.07) is 0.282. The molecule has 0 saturated carbocycles. The van der Waals surface area contributed by atoms with Crippen molar-refractivity contribution in [3.63, 3.8) is 0 Å². The van der Waals surface area contributed by atoms with Crippen molar-refractivity contribution in [3.8, 4) is 0 Å². The van der Waals surface area contributed by atoms with E-state index in [0.717, 1.165) is 25.9 Å². The Balaban J connectivity index is 1.95. The highest BCUT2D eigenvalue weighted by Crippen LogP contribution is 2.15. The van der Waals surface area contributed by atoms with E-state index in [2.05, 4.69) is 5.32 Å². The minimum atomic E-state index is -0.204. The Hall–Kier alpha value is -0.650. The lowest BCUT2D eigenvalue weighted by Gasteiger charge is -2.39. The second kappa shape index (κ2) is 4.92. The lowest BCUT2D eigenvalue weighted by Crippen LogP contribution is -2.56. The average molecular weight is 214 g/mol. The molecular formula is C10H18N2O3. The number of amides is 1. The van der Waals surface area contributed by atoms with Gasteiger partial charge >= 0.3 is 0 Å². The van der Waals surface area contributed by atoms with E-state index in [1.54, 1.807) is 0 Å². The molecule has 2 heterocycles. The van der Waals surface area contributed by atoms with Crippen LogP contribution >= 0.6 is 0 Å². The zero-order valence-electron chi connectivity index (χ0n) is 8.82. The van der Waals surface area contributed by atoms with Crippen molar-refractivity contribution in [2.45, 2.75) is 25.0 Å². The summed E-state index contributed by atoms with van der Waals surface area (Å²) in [5, 5.41) is 12.3. The first-order valence-corrected chi connectivity index (χ1v) is 5.54. The van der Waals surface area contributed by atoms with Crippen molar-refractivity contribution in [2.24, 2.45) is 0 Å². The fourth-order valence-corrected chi connectivity index (χ4v) is 2.21. The number of nitrogens with one attached hydrogen (secondary N) is 1. The standard InChI is InChI=1S/C10H18N2O3/c13-6-9-5-12(10(14)7-15-9)8-2-1-3-11-4-8/h8-9,11,13H,1-7H2. The summed E-state index contributed by atoms with van der Waals surface area (Å²) in [6.07, 6.45) is 1.96. The molecule has 0 aromatic carbocycles. The van der Waals surface area contributed by atoms with Crippen LogP contribution in [0.3, 0.4) is 0 Å². The lowest BCUT2D eigenvalue weighted by atomic mass is 10.0. The Morgan fingerprint density at radius 2 is 2.47 bits per heavy atom. The number of aliphatic hydroxyl groups excluding tert-OH is 1.